The van der Waals surface area contributed by atoms with Gasteiger partial charge in [-0.05, 0) is 12.1 Å². The maximum absolute atomic E-state index is 7.43. The van der Waals surface area contributed by atoms with Crippen molar-refractivity contribution in [2.24, 2.45) is 5.73 Å². The highest BCUT2D eigenvalue weighted by Crippen LogP contribution is 2.26. The average molecular weight is 213 g/mol. The van der Waals surface area contributed by atoms with E-state index in [1.807, 2.05) is 18.2 Å². The number of benzene rings is 1. The van der Waals surface area contributed by atoms with Crippen LogP contribution in [0.5, 0.6) is 0 Å². The molecule has 5 N–H and O–H groups in total. The van der Waals surface area contributed by atoms with Crippen LogP contribution in [-0.4, -0.2) is 16.0 Å². The van der Waals surface area contributed by atoms with Crippen LogP contribution >= 0.6 is 0 Å². The number of aromatic nitrogens is 2. The third-order valence-corrected chi connectivity index (χ3v) is 2.23. The van der Waals surface area contributed by atoms with E-state index in [0.29, 0.717) is 11.4 Å². The van der Waals surface area contributed by atoms with Crippen molar-refractivity contribution in [3.05, 3.63) is 42.2 Å². The lowest BCUT2D eigenvalue weighted by atomic mass is 10.0. The Morgan fingerprint density at radius 1 is 1.12 bits per heavy atom. The number of amidine groups is 1. The minimum atomic E-state index is -0.119. The zero-order valence-electron chi connectivity index (χ0n) is 8.51. The number of hydrogen-bond acceptors (Lipinski definition) is 4. The number of nitrogen functional groups attached to an aromatic ring is 2. The van der Waals surface area contributed by atoms with E-state index in [9.17, 15) is 0 Å². The first-order valence-corrected chi connectivity index (χ1v) is 4.71. The topological polar surface area (TPSA) is 102 Å². The van der Waals surface area contributed by atoms with Crippen LogP contribution in [0.25, 0.3) is 11.1 Å². The van der Waals surface area contributed by atoms with E-state index in [1.165, 1.54) is 0 Å². The molecule has 2 rings (SSSR count). The Labute approximate surface area is 92.6 Å². The average Bonchev–Trinajstić information content (AvgIpc) is 2.29. The molecule has 1 aromatic carbocycles. The van der Waals surface area contributed by atoms with Crippen molar-refractivity contribution in [2.45, 2.75) is 0 Å². The van der Waals surface area contributed by atoms with Gasteiger partial charge in [-0.1, -0.05) is 18.2 Å². The summed E-state index contributed by atoms with van der Waals surface area (Å²) < 4.78 is 0. The van der Waals surface area contributed by atoms with Crippen LogP contribution in [0.15, 0.2) is 36.5 Å². The van der Waals surface area contributed by atoms with E-state index in [-0.39, 0.29) is 5.84 Å². The Hall–Kier alpha value is -2.43. The van der Waals surface area contributed by atoms with Gasteiger partial charge in [-0.15, -0.1) is 5.10 Å². The van der Waals surface area contributed by atoms with E-state index < -0.39 is 0 Å². The summed E-state index contributed by atoms with van der Waals surface area (Å²) in [7, 11) is 0. The molecule has 0 unspecified atom stereocenters. The summed E-state index contributed by atoms with van der Waals surface area (Å²) >= 11 is 0. The molecule has 0 aliphatic carbocycles. The van der Waals surface area contributed by atoms with Gasteiger partial charge in [-0.25, -0.2) is 0 Å². The molecule has 2 aromatic rings. The van der Waals surface area contributed by atoms with Crippen molar-refractivity contribution < 1.29 is 0 Å². The Morgan fingerprint density at radius 2 is 1.88 bits per heavy atom. The molecule has 5 nitrogen and oxygen atoms in total. The van der Waals surface area contributed by atoms with E-state index in [0.717, 1.165) is 11.1 Å². The lowest BCUT2D eigenvalue weighted by molar-refractivity contribution is 1.01. The number of nitrogens with one attached hydrogen (secondary N) is 1. The first kappa shape index (κ1) is 10.1. The van der Waals surface area contributed by atoms with Crippen LogP contribution < -0.4 is 11.5 Å². The summed E-state index contributed by atoms with van der Waals surface area (Å²) in [4.78, 5) is 0. The molecule has 0 fully saturated rings. The first-order valence-electron chi connectivity index (χ1n) is 4.71. The van der Waals surface area contributed by atoms with Crippen LogP contribution in [0.1, 0.15) is 5.69 Å². The summed E-state index contributed by atoms with van der Waals surface area (Å²) in [6.45, 7) is 0. The Balaban J connectivity index is 2.65. The fourth-order valence-electron chi connectivity index (χ4n) is 1.49. The molecule has 1 heterocycles. The van der Waals surface area contributed by atoms with Crippen LogP contribution in [0.3, 0.4) is 0 Å². The van der Waals surface area contributed by atoms with Crippen LogP contribution in [0.4, 0.5) is 5.69 Å². The minimum absolute atomic E-state index is 0.119. The highest BCUT2D eigenvalue weighted by molar-refractivity contribution is 6.00. The standard InChI is InChI=1S/C11H11N5/c12-9-4-2-1-3-7(9)8-5-6-15-16-10(8)11(13)14/h1-6H,12H2,(H3,13,14). The van der Waals surface area contributed by atoms with Gasteiger partial charge in [0.05, 0.1) is 6.20 Å². The van der Waals surface area contributed by atoms with Gasteiger partial charge < -0.3 is 11.5 Å². The quantitative estimate of drug-likeness (QED) is 0.393. The van der Waals surface area contributed by atoms with Crippen LogP contribution in [0, 0.1) is 5.41 Å². The fraction of sp³-hybridized carbons (Fsp3) is 0. The summed E-state index contributed by atoms with van der Waals surface area (Å²) in [6, 6.07) is 9.12. The van der Waals surface area contributed by atoms with Crippen molar-refractivity contribution in [1.82, 2.24) is 10.2 Å². The molecule has 1 aromatic heterocycles. The second-order valence-corrected chi connectivity index (χ2v) is 3.29. The minimum Gasteiger partial charge on any atom is -0.398 e. The molecule has 0 bridgehead atoms. The molecule has 0 amide bonds. The van der Waals surface area contributed by atoms with Gasteiger partial charge in [0.25, 0.3) is 0 Å². The fourth-order valence-corrected chi connectivity index (χ4v) is 1.49. The SMILES string of the molecule is N=C(N)c1nnccc1-c1ccccc1N. The summed E-state index contributed by atoms with van der Waals surface area (Å²) in [6.07, 6.45) is 1.55. The molecule has 80 valence electrons. The molecule has 0 aliphatic heterocycles. The lowest BCUT2D eigenvalue weighted by Crippen LogP contribution is -2.15. The predicted molar refractivity (Wildman–Crippen MR) is 62.9 cm³/mol. The van der Waals surface area contributed by atoms with E-state index in [4.69, 9.17) is 16.9 Å². The number of anilines is 1. The Morgan fingerprint density at radius 3 is 2.56 bits per heavy atom. The predicted octanol–water partition coefficient (Wildman–Crippen LogP) is 1.01. The maximum atomic E-state index is 7.43. The van der Waals surface area contributed by atoms with Gasteiger partial charge in [0.15, 0.2) is 0 Å². The third-order valence-electron chi connectivity index (χ3n) is 2.23. The zero-order chi connectivity index (χ0) is 11.5. The van der Waals surface area contributed by atoms with Crippen molar-refractivity contribution in [2.75, 3.05) is 5.73 Å². The second-order valence-electron chi connectivity index (χ2n) is 3.29. The Bertz CT molecular complexity index is 535. The van der Waals surface area contributed by atoms with Crippen molar-refractivity contribution in [3.8, 4) is 11.1 Å². The normalized spacial score (nSPS) is 10.0. The maximum Gasteiger partial charge on any atom is 0.144 e. The highest BCUT2D eigenvalue weighted by atomic mass is 15.1. The van der Waals surface area contributed by atoms with Gasteiger partial charge in [-0.2, -0.15) is 5.10 Å². The summed E-state index contributed by atoms with van der Waals surface area (Å²) in [5.74, 6) is -0.119. The molecule has 16 heavy (non-hydrogen) atoms. The van der Waals surface area contributed by atoms with Crippen LogP contribution in [-0.2, 0) is 0 Å². The van der Waals surface area contributed by atoms with Gasteiger partial charge in [-0.3, -0.25) is 5.41 Å². The van der Waals surface area contributed by atoms with Gasteiger partial charge in [0.2, 0.25) is 0 Å². The van der Waals surface area contributed by atoms with Crippen molar-refractivity contribution >= 4 is 11.5 Å². The largest absolute Gasteiger partial charge is 0.398 e. The number of hydrogen-bond donors (Lipinski definition) is 3. The van der Waals surface area contributed by atoms with Crippen LogP contribution in [0.2, 0.25) is 0 Å². The first-order chi connectivity index (χ1) is 7.70. The monoisotopic (exact) mass is 213 g/mol. The van der Waals surface area contributed by atoms with E-state index in [2.05, 4.69) is 10.2 Å². The molecular weight excluding hydrogens is 202 g/mol. The van der Waals surface area contributed by atoms with E-state index >= 15 is 0 Å². The van der Waals surface area contributed by atoms with Gasteiger partial charge >= 0.3 is 0 Å². The molecule has 0 radical (unpaired) electrons. The smallest absolute Gasteiger partial charge is 0.144 e. The highest BCUT2D eigenvalue weighted by Gasteiger charge is 2.10. The van der Waals surface area contributed by atoms with Gasteiger partial charge in [0.1, 0.15) is 11.5 Å². The summed E-state index contributed by atoms with van der Waals surface area (Å²) in [5.41, 5.74) is 13.8. The van der Waals surface area contributed by atoms with Gasteiger partial charge in [0, 0.05) is 16.8 Å². The lowest BCUT2D eigenvalue weighted by Gasteiger charge is -2.08. The van der Waals surface area contributed by atoms with E-state index in [1.54, 1.807) is 18.3 Å². The molecule has 0 saturated heterocycles. The zero-order valence-corrected chi connectivity index (χ0v) is 8.51. The summed E-state index contributed by atoms with van der Waals surface area (Å²) in [5, 5.41) is 15.0. The molecular formula is C11H11N5. The number of nitrogens with zero attached hydrogens (tertiary/aromatic N) is 2. The molecule has 0 atom stereocenters. The second kappa shape index (κ2) is 3.98. The van der Waals surface area contributed by atoms with Crippen molar-refractivity contribution in [1.29, 1.82) is 5.41 Å². The molecule has 0 spiro atoms. The number of para-hydroxylation sites is 1. The Kier molecular flexibility index (Phi) is 2.51. The number of rotatable bonds is 2. The van der Waals surface area contributed by atoms with Crippen molar-refractivity contribution in [3.63, 3.8) is 0 Å². The molecule has 0 saturated carbocycles. The number of nitrogens with two attached hydrogens (primary N) is 2. The molecule has 5 heteroatoms. The molecule has 0 aliphatic rings. The third kappa shape index (κ3) is 1.70.